The number of hydrogen-bond donors (Lipinski definition) is 3. The fourth-order valence-corrected chi connectivity index (χ4v) is 3.41. The standard InChI is InChI=1S/C22H30N4O2S.HI/c1-2-23-22(25-13-6-12-24-21(27)20-9-5-14-29-20)26-15-18-7-3-4-8-19(18)28-16-17-10-11-17;/h3-5,7-9,14,17H,2,6,10-13,15-16H2,1H3,(H,24,27)(H2,23,25,26);1H. The number of rotatable bonds is 11. The number of benzene rings is 1. The molecule has 8 heteroatoms. The van der Waals surface area contributed by atoms with Crippen LogP contribution in [0.4, 0.5) is 0 Å². The van der Waals surface area contributed by atoms with Crippen molar-refractivity contribution in [1.29, 1.82) is 0 Å². The highest BCUT2D eigenvalue weighted by Crippen LogP contribution is 2.30. The Morgan fingerprint density at radius 2 is 1.93 bits per heavy atom. The van der Waals surface area contributed by atoms with Crippen LogP contribution < -0.4 is 20.7 Å². The molecule has 1 aliphatic carbocycles. The fourth-order valence-electron chi connectivity index (χ4n) is 2.77. The highest BCUT2D eigenvalue weighted by molar-refractivity contribution is 14.0. The van der Waals surface area contributed by atoms with Crippen molar-refractivity contribution in [2.45, 2.75) is 32.7 Å². The third kappa shape index (κ3) is 8.51. The molecule has 6 nitrogen and oxygen atoms in total. The minimum absolute atomic E-state index is 0. The predicted octanol–water partition coefficient (Wildman–Crippen LogP) is 4.03. The molecule has 1 amide bonds. The molecule has 1 aromatic heterocycles. The summed E-state index contributed by atoms with van der Waals surface area (Å²) in [6.07, 6.45) is 3.38. The van der Waals surface area contributed by atoms with E-state index >= 15 is 0 Å². The molecule has 0 unspecified atom stereocenters. The largest absolute Gasteiger partial charge is 0.493 e. The van der Waals surface area contributed by atoms with E-state index in [4.69, 9.17) is 4.74 Å². The molecular weight excluding hydrogens is 511 g/mol. The van der Waals surface area contributed by atoms with Crippen LogP contribution in [-0.2, 0) is 6.54 Å². The summed E-state index contributed by atoms with van der Waals surface area (Å²) < 4.78 is 5.97. The van der Waals surface area contributed by atoms with Gasteiger partial charge in [-0.1, -0.05) is 24.3 Å². The zero-order valence-corrected chi connectivity index (χ0v) is 20.5. The summed E-state index contributed by atoms with van der Waals surface area (Å²) in [6, 6.07) is 11.8. The van der Waals surface area contributed by atoms with Gasteiger partial charge in [0.05, 0.1) is 18.0 Å². The Kier molecular flexibility index (Phi) is 11.0. The highest BCUT2D eigenvalue weighted by atomic mass is 127. The summed E-state index contributed by atoms with van der Waals surface area (Å²) in [5.74, 6) is 2.42. The zero-order valence-electron chi connectivity index (χ0n) is 17.4. The second-order valence-corrected chi connectivity index (χ2v) is 8.02. The van der Waals surface area contributed by atoms with Crippen molar-refractivity contribution in [3.05, 3.63) is 52.2 Å². The molecular formula is C22H31IN4O2S. The van der Waals surface area contributed by atoms with Crippen molar-refractivity contribution in [3.8, 4) is 5.75 Å². The molecule has 1 fully saturated rings. The van der Waals surface area contributed by atoms with Gasteiger partial charge in [0.2, 0.25) is 0 Å². The van der Waals surface area contributed by atoms with Gasteiger partial charge in [0, 0.05) is 25.2 Å². The third-order valence-corrected chi connectivity index (χ3v) is 5.44. The van der Waals surface area contributed by atoms with Gasteiger partial charge in [0.1, 0.15) is 5.75 Å². The van der Waals surface area contributed by atoms with E-state index in [2.05, 4.69) is 27.0 Å². The van der Waals surface area contributed by atoms with Crippen LogP contribution in [0.2, 0.25) is 0 Å². The average molecular weight is 542 g/mol. The van der Waals surface area contributed by atoms with E-state index in [9.17, 15) is 4.79 Å². The van der Waals surface area contributed by atoms with Gasteiger partial charge < -0.3 is 20.7 Å². The molecule has 1 aliphatic rings. The van der Waals surface area contributed by atoms with Crippen molar-refractivity contribution >= 4 is 47.2 Å². The number of guanidine groups is 1. The lowest BCUT2D eigenvalue weighted by molar-refractivity contribution is 0.0957. The van der Waals surface area contributed by atoms with Gasteiger partial charge in [-0.05, 0) is 49.6 Å². The Balaban J connectivity index is 0.00000320. The molecule has 1 saturated carbocycles. The molecule has 0 spiro atoms. The maximum atomic E-state index is 11.9. The van der Waals surface area contributed by atoms with Crippen molar-refractivity contribution in [2.24, 2.45) is 10.9 Å². The molecule has 0 radical (unpaired) electrons. The topological polar surface area (TPSA) is 74.8 Å². The van der Waals surface area contributed by atoms with Crippen LogP contribution in [0.1, 0.15) is 41.4 Å². The first-order valence-electron chi connectivity index (χ1n) is 10.3. The fraction of sp³-hybridized carbons (Fsp3) is 0.455. The SMILES string of the molecule is CCNC(=NCc1ccccc1OCC1CC1)NCCCNC(=O)c1cccs1.I. The van der Waals surface area contributed by atoms with Gasteiger partial charge in [-0.2, -0.15) is 0 Å². The minimum atomic E-state index is -0.0108. The summed E-state index contributed by atoms with van der Waals surface area (Å²) in [6.45, 7) is 5.56. The van der Waals surface area contributed by atoms with E-state index in [1.165, 1.54) is 24.2 Å². The monoisotopic (exact) mass is 542 g/mol. The summed E-state index contributed by atoms with van der Waals surface area (Å²) in [5, 5.41) is 11.4. The van der Waals surface area contributed by atoms with Crippen LogP contribution in [-0.4, -0.2) is 38.1 Å². The number of amides is 1. The van der Waals surface area contributed by atoms with Crippen molar-refractivity contribution in [1.82, 2.24) is 16.0 Å². The number of thiophene rings is 1. The maximum Gasteiger partial charge on any atom is 0.261 e. The number of carbonyl (C=O) groups excluding carboxylic acids is 1. The van der Waals surface area contributed by atoms with Gasteiger partial charge in [0.15, 0.2) is 5.96 Å². The Bertz CT molecular complexity index is 794. The van der Waals surface area contributed by atoms with Gasteiger partial charge in [-0.15, -0.1) is 35.3 Å². The highest BCUT2D eigenvalue weighted by Gasteiger charge is 2.22. The number of carbonyl (C=O) groups is 1. The predicted molar refractivity (Wildman–Crippen MR) is 134 cm³/mol. The minimum Gasteiger partial charge on any atom is -0.493 e. The van der Waals surface area contributed by atoms with Crippen LogP contribution in [0.15, 0.2) is 46.8 Å². The number of nitrogens with zero attached hydrogens (tertiary/aromatic N) is 1. The third-order valence-electron chi connectivity index (χ3n) is 4.57. The van der Waals surface area contributed by atoms with E-state index in [1.807, 2.05) is 42.6 Å². The Hall–Kier alpha value is -1.81. The molecule has 0 saturated heterocycles. The van der Waals surface area contributed by atoms with Crippen LogP contribution in [0.5, 0.6) is 5.75 Å². The van der Waals surface area contributed by atoms with Crippen molar-refractivity contribution < 1.29 is 9.53 Å². The molecule has 30 heavy (non-hydrogen) atoms. The second-order valence-electron chi connectivity index (χ2n) is 7.07. The van der Waals surface area contributed by atoms with E-state index < -0.39 is 0 Å². The van der Waals surface area contributed by atoms with Crippen molar-refractivity contribution in [2.75, 3.05) is 26.2 Å². The van der Waals surface area contributed by atoms with Gasteiger partial charge in [-0.3, -0.25) is 4.79 Å². The summed E-state index contributed by atoms with van der Waals surface area (Å²) in [7, 11) is 0. The number of para-hydroxylation sites is 1. The van der Waals surface area contributed by atoms with Gasteiger partial charge >= 0.3 is 0 Å². The summed E-state index contributed by atoms with van der Waals surface area (Å²) in [4.78, 5) is 17.4. The van der Waals surface area contributed by atoms with Crippen LogP contribution in [0.25, 0.3) is 0 Å². The Morgan fingerprint density at radius 3 is 2.67 bits per heavy atom. The first kappa shape index (κ1) is 24.5. The normalized spacial score (nSPS) is 13.3. The summed E-state index contributed by atoms with van der Waals surface area (Å²) in [5.41, 5.74) is 1.09. The number of ether oxygens (including phenoxy) is 1. The quantitative estimate of drug-likeness (QED) is 0.174. The molecule has 164 valence electrons. The molecule has 3 rings (SSSR count). The lowest BCUT2D eigenvalue weighted by atomic mass is 10.2. The number of nitrogens with one attached hydrogen (secondary N) is 3. The second kappa shape index (κ2) is 13.5. The summed E-state index contributed by atoms with van der Waals surface area (Å²) >= 11 is 1.45. The van der Waals surface area contributed by atoms with Crippen LogP contribution in [0, 0.1) is 5.92 Å². The number of aliphatic imine (C=N–C) groups is 1. The van der Waals surface area contributed by atoms with Crippen LogP contribution in [0.3, 0.4) is 0 Å². The molecule has 2 aromatic rings. The molecule has 0 bridgehead atoms. The lowest BCUT2D eigenvalue weighted by Gasteiger charge is -2.13. The van der Waals surface area contributed by atoms with Crippen molar-refractivity contribution in [3.63, 3.8) is 0 Å². The smallest absolute Gasteiger partial charge is 0.261 e. The van der Waals surface area contributed by atoms with E-state index in [0.29, 0.717) is 13.1 Å². The molecule has 0 aliphatic heterocycles. The maximum absolute atomic E-state index is 11.9. The first-order valence-corrected chi connectivity index (χ1v) is 11.2. The Labute approximate surface area is 199 Å². The van der Waals surface area contributed by atoms with Gasteiger partial charge in [0.25, 0.3) is 5.91 Å². The van der Waals surface area contributed by atoms with Gasteiger partial charge in [-0.25, -0.2) is 4.99 Å². The number of halogens is 1. The average Bonchev–Trinajstić information content (AvgIpc) is 3.40. The molecule has 1 heterocycles. The molecule has 1 aromatic carbocycles. The number of hydrogen-bond acceptors (Lipinski definition) is 4. The lowest BCUT2D eigenvalue weighted by Crippen LogP contribution is -2.38. The van der Waals surface area contributed by atoms with Crippen LogP contribution >= 0.6 is 35.3 Å². The first-order chi connectivity index (χ1) is 14.3. The van der Waals surface area contributed by atoms with E-state index in [0.717, 1.165) is 54.2 Å². The Morgan fingerprint density at radius 1 is 1.13 bits per heavy atom. The van der Waals surface area contributed by atoms with E-state index in [1.54, 1.807) is 0 Å². The molecule has 0 atom stereocenters. The molecule has 3 N–H and O–H groups in total. The van der Waals surface area contributed by atoms with E-state index in [-0.39, 0.29) is 29.9 Å². The zero-order chi connectivity index (χ0) is 20.3.